The first-order valence-electron chi connectivity index (χ1n) is 9.43. The van der Waals surface area contributed by atoms with E-state index in [0.717, 1.165) is 4.73 Å². The number of rotatable bonds is 8. The number of carbonyl (C=O) groups excluding carboxylic acids is 2. The summed E-state index contributed by atoms with van der Waals surface area (Å²) in [6, 6.07) is 7.78. The molecule has 0 saturated heterocycles. The zero-order chi connectivity index (χ0) is 22.7. The quantitative estimate of drug-likeness (QED) is 0.352. The first-order chi connectivity index (χ1) is 14.8. The summed E-state index contributed by atoms with van der Waals surface area (Å²) in [6.07, 6.45) is 1.83. The number of amides is 2. The van der Waals surface area contributed by atoms with E-state index in [9.17, 15) is 14.8 Å². The molecule has 0 aliphatic heterocycles. The Morgan fingerprint density at radius 3 is 2.65 bits per heavy atom. The molecule has 162 valence electrons. The van der Waals surface area contributed by atoms with Crippen LogP contribution in [0.15, 0.2) is 36.5 Å². The van der Waals surface area contributed by atoms with Crippen molar-refractivity contribution in [3.63, 3.8) is 0 Å². The summed E-state index contributed by atoms with van der Waals surface area (Å²) >= 11 is 0. The zero-order valence-corrected chi connectivity index (χ0v) is 17.3. The predicted octanol–water partition coefficient (Wildman–Crippen LogP) is 0.814. The Labute approximate surface area is 178 Å². The van der Waals surface area contributed by atoms with Crippen molar-refractivity contribution in [2.45, 2.75) is 19.4 Å². The van der Waals surface area contributed by atoms with Crippen molar-refractivity contribution < 1.29 is 19.1 Å². The SMILES string of the molecule is CC[C@H](C(N)=O)N(C)c1nc(Nc2ccc3c(ccc[n+]3[O-])c2)c(C(N)=O)c(OC)n1. The Morgan fingerprint density at radius 1 is 1.29 bits per heavy atom. The molecule has 11 heteroatoms. The fourth-order valence-corrected chi connectivity index (χ4v) is 3.26. The van der Waals surface area contributed by atoms with Crippen LogP contribution < -0.4 is 31.2 Å². The van der Waals surface area contributed by atoms with Gasteiger partial charge < -0.3 is 31.6 Å². The third kappa shape index (κ3) is 4.25. The second-order valence-electron chi connectivity index (χ2n) is 6.79. The number of carbonyl (C=O) groups is 2. The number of pyridine rings is 1. The lowest BCUT2D eigenvalue weighted by Gasteiger charge is -2.25. The molecule has 0 unspecified atom stereocenters. The number of nitrogens with zero attached hydrogens (tertiary/aromatic N) is 4. The van der Waals surface area contributed by atoms with Gasteiger partial charge in [-0.2, -0.15) is 14.7 Å². The van der Waals surface area contributed by atoms with Crippen LogP contribution in [0.2, 0.25) is 0 Å². The molecule has 0 saturated carbocycles. The highest BCUT2D eigenvalue weighted by atomic mass is 16.5. The number of nitrogens with two attached hydrogens (primary N) is 2. The molecule has 0 radical (unpaired) electrons. The molecule has 1 atom stereocenters. The van der Waals surface area contributed by atoms with Gasteiger partial charge in [0, 0.05) is 30.3 Å². The first kappa shape index (κ1) is 21.6. The topological polar surface area (TPSA) is 163 Å². The molecule has 0 aliphatic carbocycles. The fourth-order valence-electron chi connectivity index (χ4n) is 3.26. The van der Waals surface area contributed by atoms with Crippen molar-refractivity contribution in [2.75, 3.05) is 24.4 Å². The largest absolute Gasteiger partial charge is 0.618 e. The third-order valence-corrected chi connectivity index (χ3v) is 4.83. The van der Waals surface area contributed by atoms with Crippen molar-refractivity contribution in [1.29, 1.82) is 0 Å². The summed E-state index contributed by atoms with van der Waals surface area (Å²) in [5, 5.41) is 15.6. The molecular formula is C20H23N7O4. The highest BCUT2D eigenvalue weighted by Gasteiger charge is 2.26. The number of hydrogen-bond acceptors (Lipinski definition) is 8. The van der Waals surface area contributed by atoms with Crippen LogP contribution in [0.1, 0.15) is 23.7 Å². The molecule has 0 bridgehead atoms. The minimum absolute atomic E-state index is 0.0515. The number of aromatic nitrogens is 3. The van der Waals surface area contributed by atoms with Crippen molar-refractivity contribution >= 4 is 40.2 Å². The monoisotopic (exact) mass is 425 g/mol. The Kier molecular flexibility index (Phi) is 6.05. The van der Waals surface area contributed by atoms with Gasteiger partial charge in [-0.05, 0) is 24.6 Å². The molecule has 3 rings (SSSR count). The van der Waals surface area contributed by atoms with Crippen LogP contribution in [0.5, 0.6) is 5.88 Å². The van der Waals surface area contributed by atoms with Crippen LogP contribution in [0, 0.1) is 5.21 Å². The third-order valence-electron chi connectivity index (χ3n) is 4.83. The molecule has 2 aromatic heterocycles. The Bertz CT molecular complexity index is 1150. The van der Waals surface area contributed by atoms with E-state index in [0.29, 0.717) is 23.0 Å². The van der Waals surface area contributed by atoms with Gasteiger partial charge in [0.25, 0.3) is 5.91 Å². The maximum absolute atomic E-state index is 12.1. The van der Waals surface area contributed by atoms with Crippen molar-refractivity contribution in [3.05, 3.63) is 47.3 Å². The number of nitrogens with one attached hydrogen (secondary N) is 1. The lowest BCUT2D eigenvalue weighted by molar-refractivity contribution is -0.577. The highest BCUT2D eigenvalue weighted by molar-refractivity contribution is 6.01. The number of anilines is 3. The van der Waals surface area contributed by atoms with Crippen molar-refractivity contribution in [2.24, 2.45) is 11.5 Å². The van der Waals surface area contributed by atoms with E-state index in [1.807, 2.05) is 0 Å². The Hall–Kier alpha value is -4.15. The predicted molar refractivity (Wildman–Crippen MR) is 115 cm³/mol. The molecule has 11 nitrogen and oxygen atoms in total. The fraction of sp³-hybridized carbons (Fsp3) is 0.250. The standard InChI is InChI=1S/C20H23N7O4/c1-4-13(16(21)28)26(2)20-24-18(15(17(22)29)19(25-20)31-3)23-12-7-8-14-11(10-12)6-5-9-27(14)30/h5-10,13H,4H2,1-3H3,(H2,21,28)(H2,22,29)(H,23,24,25)/t13-/m1/s1. The summed E-state index contributed by atoms with van der Waals surface area (Å²) in [6.45, 7) is 1.80. The molecule has 5 N–H and O–H groups in total. The molecule has 2 heterocycles. The molecule has 2 amide bonds. The van der Waals surface area contributed by atoms with E-state index in [-0.39, 0.29) is 23.2 Å². The van der Waals surface area contributed by atoms with E-state index >= 15 is 0 Å². The average molecular weight is 425 g/mol. The summed E-state index contributed by atoms with van der Waals surface area (Å²) in [5.74, 6) is -1.18. The lowest BCUT2D eigenvalue weighted by atomic mass is 10.2. The summed E-state index contributed by atoms with van der Waals surface area (Å²) in [5.41, 5.74) is 12.0. The van der Waals surface area contributed by atoms with Crippen molar-refractivity contribution in [3.8, 4) is 5.88 Å². The molecule has 31 heavy (non-hydrogen) atoms. The Balaban J connectivity index is 2.11. The number of benzene rings is 1. The molecule has 0 spiro atoms. The molecule has 0 fully saturated rings. The van der Waals surface area contributed by atoms with Gasteiger partial charge in [-0.3, -0.25) is 9.59 Å². The van der Waals surface area contributed by atoms with Gasteiger partial charge >= 0.3 is 0 Å². The average Bonchev–Trinajstić information content (AvgIpc) is 2.73. The maximum atomic E-state index is 12.1. The van der Waals surface area contributed by atoms with E-state index in [2.05, 4.69) is 15.3 Å². The van der Waals surface area contributed by atoms with Crippen LogP contribution in [0.25, 0.3) is 10.9 Å². The minimum atomic E-state index is -0.798. The second-order valence-corrected chi connectivity index (χ2v) is 6.79. The van der Waals surface area contributed by atoms with Crippen LogP contribution in [-0.2, 0) is 4.79 Å². The smallest absolute Gasteiger partial charge is 0.258 e. The normalized spacial score (nSPS) is 11.7. The van der Waals surface area contributed by atoms with Gasteiger partial charge in [-0.25, -0.2) is 0 Å². The van der Waals surface area contributed by atoms with Crippen LogP contribution >= 0.6 is 0 Å². The van der Waals surface area contributed by atoms with Gasteiger partial charge in [0.2, 0.25) is 23.3 Å². The van der Waals surface area contributed by atoms with Crippen LogP contribution in [-0.4, -0.2) is 42.0 Å². The van der Waals surface area contributed by atoms with Crippen LogP contribution in [0.4, 0.5) is 17.5 Å². The second kappa shape index (κ2) is 8.69. The van der Waals surface area contributed by atoms with Gasteiger partial charge in [0.05, 0.1) is 7.11 Å². The number of likely N-dealkylation sites (N-methyl/N-ethyl adjacent to an activating group) is 1. The maximum Gasteiger partial charge on any atom is 0.258 e. The van der Waals surface area contributed by atoms with E-state index in [1.165, 1.54) is 18.2 Å². The van der Waals surface area contributed by atoms with Gasteiger partial charge in [0.15, 0.2) is 12.0 Å². The molecule has 3 aromatic rings. The minimum Gasteiger partial charge on any atom is -0.618 e. The first-order valence-corrected chi connectivity index (χ1v) is 9.43. The van der Waals surface area contributed by atoms with Gasteiger partial charge in [-0.15, -0.1) is 0 Å². The van der Waals surface area contributed by atoms with E-state index in [4.69, 9.17) is 16.2 Å². The van der Waals surface area contributed by atoms with Gasteiger partial charge in [0.1, 0.15) is 11.6 Å². The number of primary amides is 2. The van der Waals surface area contributed by atoms with Crippen LogP contribution in [0.3, 0.4) is 0 Å². The van der Waals surface area contributed by atoms with Gasteiger partial charge in [-0.1, -0.05) is 6.92 Å². The summed E-state index contributed by atoms with van der Waals surface area (Å²) < 4.78 is 6.01. The molecule has 0 aliphatic rings. The van der Waals surface area contributed by atoms with Crippen molar-refractivity contribution in [1.82, 2.24) is 9.97 Å². The number of ether oxygens (including phenoxy) is 1. The van der Waals surface area contributed by atoms with E-state index < -0.39 is 17.9 Å². The number of hydrogen-bond donors (Lipinski definition) is 3. The Morgan fingerprint density at radius 2 is 2.03 bits per heavy atom. The lowest BCUT2D eigenvalue weighted by Crippen LogP contribution is -2.43. The molecule has 1 aromatic carbocycles. The molecular weight excluding hydrogens is 402 g/mol. The number of methoxy groups -OCH3 is 1. The summed E-state index contributed by atoms with van der Waals surface area (Å²) in [4.78, 5) is 34.0. The summed E-state index contributed by atoms with van der Waals surface area (Å²) in [7, 11) is 2.96. The highest BCUT2D eigenvalue weighted by Crippen LogP contribution is 2.29. The number of fused-ring (bicyclic) bond motifs is 1. The zero-order valence-electron chi connectivity index (χ0n) is 17.3. The van der Waals surface area contributed by atoms with E-state index in [1.54, 1.807) is 44.3 Å².